The van der Waals surface area contributed by atoms with E-state index in [4.69, 9.17) is 0 Å². The Morgan fingerprint density at radius 3 is 2.23 bits per heavy atom. The molecule has 0 spiro atoms. The molecular weight excluding hydrogens is 212 g/mol. The predicted molar refractivity (Wildman–Crippen MR) is 55.7 cm³/mol. The molecule has 0 unspecified atom stereocenters. The van der Waals surface area contributed by atoms with Crippen LogP contribution in [0.5, 0.6) is 0 Å². The average Bonchev–Trinajstić information content (AvgIpc) is 1.83. The van der Waals surface area contributed by atoms with E-state index in [0.717, 1.165) is 13.1 Å². The predicted octanol–water partition coefficient (Wildman–Crippen LogP) is 0.0516. The molecule has 1 fully saturated rings. The summed E-state index contributed by atoms with van der Waals surface area (Å²) < 4.78 is 24.2. The lowest BCUT2D eigenvalue weighted by molar-refractivity contribution is 0.187. The summed E-state index contributed by atoms with van der Waals surface area (Å²) in [5.41, 5.74) is -0.286. The minimum atomic E-state index is -3.04. The van der Waals surface area contributed by atoms with E-state index >= 15 is 0 Å². The molecule has 0 aromatic carbocycles. The van der Waals surface area contributed by atoms with Crippen LogP contribution >= 0.6 is 12.4 Å². The van der Waals surface area contributed by atoms with Crippen LogP contribution in [-0.4, -0.2) is 44.2 Å². The van der Waals surface area contributed by atoms with Gasteiger partial charge in [-0.15, -0.1) is 12.4 Å². The zero-order valence-electron chi connectivity index (χ0n) is 8.20. The van der Waals surface area contributed by atoms with Crippen molar-refractivity contribution in [2.45, 2.75) is 19.4 Å². The van der Waals surface area contributed by atoms with Gasteiger partial charge in [0.2, 0.25) is 10.0 Å². The van der Waals surface area contributed by atoms with Crippen molar-refractivity contribution in [1.82, 2.24) is 9.62 Å². The Labute approximate surface area is 86.1 Å². The molecule has 0 saturated carbocycles. The van der Waals surface area contributed by atoms with E-state index in [1.54, 1.807) is 4.31 Å². The summed E-state index contributed by atoms with van der Waals surface area (Å²) in [6, 6.07) is 0. The maximum Gasteiger partial charge on any atom is 0.211 e. The van der Waals surface area contributed by atoms with Gasteiger partial charge in [-0.3, -0.25) is 0 Å². The molecule has 1 aliphatic rings. The first-order chi connectivity index (χ1) is 5.34. The zero-order chi connectivity index (χ0) is 9.41. The van der Waals surface area contributed by atoms with Crippen molar-refractivity contribution >= 4 is 22.4 Å². The normalized spacial score (nSPS) is 23.6. The molecule has 0 radical (unpaired) electrons. The van der Waals surface area contributed by atoms with Crippen LogP contribution in [0.3, 0.4) is 0 Å². The Morgan fingerprint density at radius 2 is 1.92 bits per heavy atom. The lowest BCUT2D eigenvalue weighted by atomic mass is 10.0. The van der Waals surface area contributed by atoms with E-state index in [1.807, 2.05) is 13.8 Å². The molecule has 6 heteroatoms. The highest BCUT2D eigenvalue weighted by molar-refractivity contribution is 7.88. The van der Waals surface area contributed by atoms with Gasteiger partial charge in [0.15, 0.2) is 0 Å². The van der Waals surface area contributed by atoms with Gasteiger partial charge in [-0.2, -0.15) is 4.31 Å². The molecule has 13 heavy (non-hydrogen) atoms. The molecule has 4 nitrogen and oxygen atoms in total. The van der Waals surface area contributed by atoms with Gasteiger partial charge in [-0.25, -0.2) is 8.42 Å². The molecule has 1 rings (SSSR count). The molecule has 1 saturated heterocycles. The summed E-state index contributed by atoms with van der Waals surface area (Å²) in [5, 5.41) is 3.17. The highest BCUT2D eigenvalue weighted by atomic mass is 35.5. The van der Waals surface area contributed by atoms with Crippen LogP contribution in [0.25, 0.3) is 0 Å². The van der Waals surface area contributed by atoms with Gasteiger partial charge >= 0.3 is 0 Å². The van der Waals surface area contributed by atoms with Crippen molar-refractivity contribution in [2.24, 2.45) is 0 Å². The van der Waals surface area contributed by atoms with Crippen LogP contribution in [0.1, 0.15) is 13.8 Å². The Hall–Kier alpha value is 0.160. The topological polar surface area (TPSA) is 49.4 Å². The number of rotatable bonds is 1. The standard InChI is InChI=1S/C7H16N2O2S.ClH/c1-7(2)6-8-4-5-9(7)12(3,10)11;/h8H,4-6H2,1-3H3;1H. The van der Waals surface area contributed by atoms with E-state index in [1.165, 1.54) is 6.26 Å². The first kappa shape index (κ1) is 13.2. The van der Waals surface area contributed by atoms with Gasteiger partial charge in [0.25, 0.3) is 0 Å². The summed E-state index contributed by atoms with van der Waals surface area (Å²) in [5.74, 6) is 0. The minimum Gasteiger partial charge on any atom is -0.314 e. The van der Waals surface area contributed by atoms with E-state index in [9.17, 15) is 8.42 Å². The fourth-order valence-electron chi connectivity index (χ4n) is 1.58. The molecule has 0 aromatic rings. The smallest absolute Gasteiger partial charge is 0.211 e. The minimum absolute atomic E-state index is 0. The maximum absolute atomic E-state index is 11.3. The largest absolute Gasteiger partial charge is 0.314 e. The maximum atomic E-state index is 11.3. The van der Waals surface area contributed by atoms with Crippen LogP contribution in [0.4, 0.5) is 0 Å². The number of hydrogen-bond acceptors (Lipinski definition) is 3. The second-order valence-corrected chi connectivity index (χ2v) is 5.73. The molecule has 0 aromatic heterocycles. The highest BCUT2D eigenvalue weighted by Crippen LogP contribution is 2.18. The van der Waals surface area contributed by atoms with Gasteiger partial charge in [-0.05, 0) is 13.8 Å². The van der Waals surface area contributed by atoms with Gasteiger partial charge < -0.3 is 5.32 Å². The first-order valence-electron chi connectivity index (χ1n) is 4.02. The van der Waals surface area contributed by atoms with Crippen LogP contribution < -0.4 is 5.32 Å². The Morgan fingerprint density at radius 1 is 1.38 bits per heavy atom. The third-order valence-corrected chi connectivity index (χ3v) is 3.60. The second kappa shape index (κ2) is 4.13. The third kappa shape index (κ3) is 3.09. The molecule has 0 amide bonds. The number of halogens is 1. The quantitative estimate of drug-likeness (QED) is 0.690. The number of nitrogens with zero attached hydrogens (tertiary/aromatic N) is 1. The zero-order valence-corrected chi connectivity index (χ0v) is 9.83. The number of piperazine rings is 1. The number of sulfonamides is 1. The number of nitrogens with one attached hydrogen (secondary N) is 1. The summed E-state index contributed by atoms with van der Waals surface area (Å²) >= 11 is 0. The molecular formula is C7H17ClN2O2S. The van der Waals surface area contributed by atoms with Crippen molar-refractivity contribution in [3.8, 4) is 0 Å². The average molecular weight is 229 g/mol. The molecule has 1 aliphatic heterocycles. The summed E-state index contributed by atoms with van der Waals surface area (Å²) in [7, 11) is -3.04. The molecule has 0 bridgehead atoms. The fraction of sp³-hybridized carbons (Fsp3) is 1.00. The molecule has 80 valence electrons. The van der Waals surface area contributed by atoms with E-state index in [0.29, 0.717) is 6.54 Å². The van der Waals surface area contributed by atoms with Crippen LogP contribution in [0.2, 0.25) is 0 Å². The van der Waals surface area contributed by atoms with Gasteiger partial charge in [0.1, 0.15) is 0 Å². The monoisotopic (exact) mass is 228 g/mol. The van der Waals surface area contributed by atoms with Crippen LogP contribution in [0, 0.1) is 0 Å². The van der Waals surface area contributed by atoms with Crippen molar-refractivity contribution in [1.29, 1.82) is 0 Å². The molecule has 0 atom stereocenters. The second-order valence-electron chi connectivity index (χ2n) is 3.82. The third-order valence-electron chi connectivity index (χ3n) is 2.12. The SMILES string of the molecule is CC1(C)CNCCN1S(C)(=O)=O.Cl. The molecule has 0 aliphatic carbocycles. The van der Waals surface area contributed by atoms with Crippen LogP contribution in [0.15, 0.2) is 0 Å². The van der Waals surface area contributed by atoms with Crippen LogP contribution in [-0.2, 0) is 10.0 Å². The number of hydrogen-bond donors (Lipinski definition) is 1. The summed E-state index contributed by atoms with van der Waals surface area (Å²) in [4.78, 5) is 0. The molecule has 1 N–H and O–H groups in total. The van der Waals surface area contributed by atoms with E-state index in [-0.39, 0.29) is 17.9 Å². The van der Waals surface area contributed by atoms with Gasteiger partial charge in [-0.1, -0.05) is 0 Å². The first-order valence-corrected chi connectivity index (χ1v) is 5.87. The lowest BCUT2D eigenvalue weighted by Gasteiger charge is -2.40. The molecule has 1 heterocycles. The summed E-state index contributed by atoms with van der Waals surface area (Å²) in [6.45, 7) is 5.91. The van der Waals surface area contributed by atoms with Gasteiger partial charge in [0.05, 0.1) is 6.26 Å². The van der Waals surface area contributed by atoms with E-state index < -0.39 is 10.0 Å². The van der Waals surface area contributed by atoms with Crippen molar-refractivity contribution in [2.75, 3.05) is 25.9 Å². The van der Waals surface area contributed by atoms with Gasteiger partial charge in [0, 0.05) is 25.2 Å². The van der Waals surface area contributed by atoms with Crippen molar-refractivity contribution in [3.63, 3.8) is 0 Å². The highest BCUT2D eigenvalue weighted by Gasteiger charge is 2.35. The Balaban J connectivity index is 0.00000144. The summed E-state index contributed by atoms with van der Waals surface area (Å²) in [6.07, 6.45) is 1.26. The fourth-order valence-corrected chi connectivity index (χ4v) is 2.97. The Bertz CT molecular complexity index is 264. The Kier molecular flexibility index (Phi) is 4.18. The van der Waals surface area contributed by atoms with E-state index in [2.05, 4.69) is 5.32 Å². The van der Waals surface area contributed by atoms with Crippen molar-refractivity contribution < 1.29 is 8.42 Å². The lowest BCUT2D eigenvalue weighted by Crippen LogP contribution is -2.59. The van der Waals surface area contributed by atoms with Crippen molar-refractivity contribution in [3.05, 3.63) is 0 Å².